The fraction of sp³-hybridized carbons (Fsp3) is 0.0893. The molecule has 6 aromatic carbocycles. The summed E-state index contributed by atoms with van der Waals surface area (Å²) in [5.41, 5.74) is 22.2. The average Bonchev–Trinajstić information content (AvgIpc) is 3.44. The van der Waals surface area contributed by atoms with E-state index in [9.17, 15) is 0 Å². The maximum absolute atomic E-state index is 3.83. The Morgan fingerprint density at radius 1 is 0.569 bits per heavy atom. The molecule has 7 aromatic rings. The van der Waals surface area contributed by atoms with Crippen molar-refractivity contribution in [2.75, 3.05) is 4.90 Å². The highest BCUT2D eigenvalue weighted by Gasteiger charge is 2.29. The zero-order valence-electron chi connectivity index (χ0n) is 32.8. The summed E-state index contributed by atoms with van der Waals surface area (Å²) in [5, 5.41) is 2.63. The van der Waals surface area contributed by atoms with Crippen molar-refractivity contribution in [3.05, 3.63) is 244 Å². The highest BCUT2D eigenvalue weighted by Crippen LogP contribution is 2.47. The zero-order chi connectivity index (χ0) is 39.0. The lowest BCUT2D eigenvalue weighted by atomic mass is 9.77. The standard InChI is InChI=1S/C56H41NS/c1-56(2,3)41-27-31-45-40(33-41)35-51(47-17-7-8-19-49(47)54(45)37-14-5-4-6-15-37)36-24-28-42(29-25-36)57-43-30-26-38(32-39(34-43)44-16-9-11-22-52(44)57)46-20-13-21-50-48-18-10-12-23-53(48)58-55(46)50/h4-33,35,40H,1-3H3. The van der Waals surface area contributed by atoms with E-state index < -0.39 is 0 Å². The second-order valence-corrected chi connectivity index (χ2v) is 17.6. The second kappa shape index (κ2) is 13.5. The Balaban J connectivity index is 1.00. The predicted molar refractivity (Wildman–Crippen MR) is 248 cm³/mol. The van der Waals surface area contributed by atoms with Gasteiger partial charge in [0.2, 0.25) is 0 Å². The molecule has 1 atom stereocenters. The highest BCUT2D eigenvalue weighted by molar-refractivity contribution is 7.26. The van der Waals surface area contributed by atoms with Gasteiger partial charge in [0.05, 0.1) is 11.4 Å². The monoisotopic (exact) mass is 759 g/mol. The Morgan fingerprint density at radius 2 is 1.28 bits per heavy atom. The van der Waals surface area contributed by atoms with Gasteiger partial charge in [0, 0.05) is 42.9 Å². The summed E-state index contributed by atoms with van der Waals surface area (Å²) < 4.78 is 2.64. The Labute approximate surface area is 344 Å². The van der Waals surface area contributed by atoms with E-state index in [4.69, 9.17) is 0 Å². The van der Waals surface area contributed by atoms with Crippen molar-refractivity contribution in [2.45, 2.75) is 20.8 Å². The summed E-state index contributed by atoms with van der Waals surface area (Å²) >= 11 is 1.88. The molecule has 58 heavy (non-hydrogen) atoms. The summed E-state index contributed by atoms with van der Waals surface area (Å²) in [5.74, 6) is 0.135. The van der Waals surface area contributed by atoms with Gasteiger partial charge in [-0.15, -0.1) is 11.3 Å². The van der Waals surface area contributed by atoms with Crippen LogP contribution in [-0.4, -0.2) is 0 Å². The van der Waals surface area contributed by atoms with E-state index in [2.05, 4.69) is 220 Å². The van der Waals surface area contributed by atoms with Crippen LogP contribution in [0, 0.1) is 11.3 Å². The lowest BCUT2D eigenvalue weighted by Crippen LogP contribution is -2.18. The van der Waals surface area contributed by atoms with Crippen LogP contribution in [-0.2, 0) is 0 Å². The smallest absolute Gasteiger partial charge is 0.0897 e. The number of anilines is 2. The van der Waals surface area contributed by atoms with Crippen molar-refractivity contribution < 1.29 is 0 Å². The van der Waals surface area contributed by atoms with Crippen LogP contribution in [0.3, 0.4) is 0 Å². The summed E-state index contributed by atoms with van der Waals surface area (Å²) in [7, 11) is 0. The van der Waals surface area contributed by atoms with Crippen LogP contribution in [0.2, 0.25) is 0 Å². The van der Waals surface area contributed by atoms with E-state index in [0.29, 0.717) is 0 Å². The Kier molecular flexibility index (Phi) is 8.02. The van der Waals surface area contributed by atoms with Gasteiger partial charge in [-0.2, -0.15) is 0 Å². The number of allylic oxidation sites excluding steroid dienone is 10. The molecule has 276 valence electrons. The Bertz CT molecular complexity index is 3100. The van der Waals surface area contributed by atoms with Crippen molar-refractivity contribution in [1.29, 1.82) is 0 Å². The van der Waals surface area contributed by atoms with Gasteiger partial charge in [-0.25, -0.2) is 0 Å². The van der Waals surface area contributed by atoms with Crippen LogP contribution in [0.25, 0.3) is 42.5 Å². The molecular weight excluding hydrogens is 719 g/mol. The van der Waals surface area contributed by atoms with Gasteiger partial charge in [0.25, 0.3) is 0 Å². The Hall–Kier alpha value is -6.70. The molecule has 1 aromatic heterocycles. The normalized spacial score (nSPS) is 17.1. The van der Waals surface area contributed by atoms with E-state index in [1.165, 1.54) is 81.4 Å². The molecule has 1 unspecified atom stereocenters. The van der Waals surface area contributed by atoms with E-state index in [1.807, 2.05) is 11.3 Å². The van der Waals surface area contributed by atoms with Crippen LogP contribution in [0.1, 0.15) is 54.2 Å². The summed E-state index contributed by atoms with van der Waals surface area (Å²) in [6.07, 6.45) is 16.5. The first-order valence-electron chi connectivity index (χ1n) is 20.2. The SMILES string of the molecule is CC(C)(C)C1=CC2C=C(c3ccc(N4C5=C=C(C=C(c6cccc7c6sc6ccccc67)C=C5)c5ccccc54)cc3)c3ccccc3C(c3ccccc3)=C2C=C1. The zero-order valence-corrected chi connectivity index (χ0v) is 33.6. The van der Waals surface area contributed by atoms with Gasteiger partial charge in [-0.05, 0) is 97.5 Å². The number of nitrogens with zero attached hydrogens (tertiary/aromatic N) is 1. The molecule has 4 aliphatic rings. The molecule has 2 bridgehead atoms. The van der Waals surface area contributed by atoms with Gasteiger partial charge >= 0.3 is 0 Å². The van der Waals surface area contributed by atoms with E-state index in [-0.39, 0.29) is 11.3 Å². The number of benzene rings is 6. The summed E-state index contributed by atoms with van der Waals surface area (Å²) in [6, 6.07) is 53.3. The molecule has 1 aliphatic heterocycles. The molecule has 1 nitrogen and oxygen atoms in total. The fourth-order valence-electron chi connectivity index (χ4n) is 9.16. The van der Waals surface area contributed by atoms with Crippen LogP contribution in [0.4, 0.5) is 11.4 Å². The quantitative estimate of drug-likeness (QED) is 0.162. The molecule has 2 heterocycles. The van der Waals surface area contributed by atoms with Gasteiger partial charge in [-0.1, -0.05) is 178 Å². The third-order valence-corrected chi connectivity index (χ3v) is 13.2. The number of para-hydroxylation sites is 1. The fourth-order valence-corrected chi connectivity index (χ4v) is 10.4. The third kappa shape index (κ3) is 5.68. The highest BCUT2D eigenvalue weighted by atomic mass is 32.1. The molecule has 0 fully saturated rings. The predicted octanol–water partition coefficient (Wildman–Crippen LogP) is 15.1. The lowest BCUT2D eigenvalue weighted by Gasteiger charge is -2.30. The average molecular weight is 760 g/mol. The van der Waals surface area contributed by atoms with Crippen molar-refractivity contribution in [3.8, 4) is 0 Å². The van der Waals surface area contributed by atoms with Gasteiger partial charge in [0.1, 0.15) is 0 Å². The molecule has 3 aliphatic carbocycles. The Morgan fingerprint density at radius 3 is 2.10 bits per heavy atom. The molecule has 2 heteroatoms. The molecule has 0 saturated carbocycles. The number of thiophene rings is 1. The minimum absolute atomic E-state index is 0.0478. The second-order valence-electron chi connectivity index (χ2n) is 16.6. The van der Waals surface area contributed by atoms with Crippen LogP contribution in [0.15, 0.2) is 211 Å². The van der Waals surface area contributed by atoms with E-state index in [0.717, 1.165) is 22.6 Å². The molecule has 0 radical (unpaired) electrons. The number of hydrogen-bond donors (Lipinski definition) is 0. The lowest BCUT2D eigenvalue weighted by molar-refractivity contribution is 0.511. The van der Waals surface area contributed by atoms with Gasteiger partial charge in [-0.3, -0.25) is 0 Å². The van der Waals surface area contributed by atoms with E-state index >= 15 is 0 Å². The topological polar surface area (TPSA) is 3.24 Å². The van der Waals surface area contributed by atoms with Crippen LogP contribution in [0.5, 0.6) is 0 Å². The largest absolute Gasteiger partial charge is 0.303 e. The van der Waals surface area contributed by atoms with Crippen molar-refractivity contribution in [2.24, 2.45) is 11.3 Å². The molecule has 0 spiro atoms. The third-order valence-electron chi connectivity index (χ3n) is 12.0. The van der Waals surface area contributed by atoms with Gasteiger partial charge < -0.3 is 4.90 Å². The minimum atomic E-state index is 0.0478. The number of rotatable bonds is 4. The maximum atomic E-state index is 3.83. The first-order chi connectivity index (χ1) is 28.4. The van der Waals surface area contributed by atoms with E-state index in [1.54, 1.807) is 0 Å². The van der Waals surface area contributed by atoms with Crippen molar-refractivity contribution in [1.82, 2.24) is 0 Å². The molecule has 11 rings (SSSR count). The molecular formula is C56H41NS. The molecule has 0 amide bonds. The summed E-state index contributed by atoms with van der Waals surface area (Å²) in [4.78, 5) is 2.36. The first kappa shape index (κ1) is 34.5. The maximum Gasteiger partial charge on any atom is 0.0897 e. The van der Waals surface area contributed by atoms with Crippen LogP contribution >= 0.6 is 11.3 Å². The number of fused-ring (bicyclic) bond motifs is 7. The minimum Gasteiger partial charge on any atom is -0.303 e. The van der Waals surface area contributed by atoms with Crippen molar-refractivity contribution in [3.63, 3.8) is 0 Å². The van der Waals surface area contributed by atoms with Gasteiger partial charge in [0.15, 0.2) is 0 Å². The van der Waals surface area contributed by atoms with Crippen molar-refractivity contribution >= 4 is 65.2 Å². The van der Waals surface area contributed by atoms with Crippen LogP contribution < -0.4 is 4.90 Å². The molecule has 0 saturated heterocycles. The molecule has 0 N–H and O–H groups in total. The number of hydrogen-bond acceptors (Lipinski definition) is 2. The first-order valence-corrected chi connectivity index (χ1v) is 21.0. The summed E-state index contributed by atoms with van der Waals surface area (Å²) in [6.45, 7) is 6.93.